The van der Waals surface area contributed by atoms with Crippen LogP contribution in [0.1, 0.15) is 197 Å². The van der Waals surface area contributed by atoms with Crippen LogP contribution in [0.5, 0.6) is 0 Å². The first kappa shape index (κ1) is 90.6. The van der Waals surface area contributed by atoms with Gasteiger partial charge in [-0.2, -0.15) is 0 Å². The molecule has 7 fully saturated rings. The predicted molar refractivity (Wildman–Crippen MR) is 447 cm³/mol. The van der Waals surface area contributed by atoms with Crippen LogP contribution < -0.4 is 32.3 Å². The van der Waals surface area contributed by atoms with Crippen molar-refractivity contribution in [2.24, 2.45) is 57.5 Å². The highest BCUT2D eigenvalue weighted by Gasteiger charge is 2.78. The van der Waals surface area contributed by atoms with E-state index in [4.69, 9.17) is 38.9 Å². The first-order chi connectivity index (χ1) is 57.8. The Morgan fingerprint density at radius 1 is 0.779 bits per heavy atom. The maximum Gasteiger partial charge on any atom is 0.408 e. The molecule has 0 radical (unpaired) electrons. The quantitative estimate of drug-likeness (QED) is 0.0104. The number of carbonyl (C=O) groups excluding carboxylic acids is 11. The molecule has 1 saturated heterocycles. The fraction of sp³-hybridized carbons (Fsp3) is 0.521. The number of rotatable bonds is 29. The van der Waals surface area contributed by atoms with E-state index < -0.39 is 179 Å². The summed E-state index contributed by atoms with van der Waals surface area (Å²) in [7, 11) is 0. The monoisotopic (exact) mass is 1680 g/mol. The molecular formula is C94H116N6O22. The molecule has 0 aromatic heterocycles. The first-order valence-corrected chi connectivity index (χ1v) is 42.3. The number of nitrogens with two attached hydrogens (primary N) is 1. The molecule has 11 N–H and O–H groups in total. The Morgan fingerprint density at radius 2 is 1.44 bits per heavy atom. The van der Waals surface area contributed by atoms with Crippen molar-refractivity contribution in [3.63, 3.8) is 0 Å². The zero-order valence-electron chi connectivity index (χ0n) is 71.0. The second-order valence-electron chi connectivity index (χ2n) is 35.9. The van der Waals surface area contributed by atoms with Gasteiger partial charge in [-0.25, -0.2) is 19.2 Å². The third-order valence-corrected chi connectivity index (χ3v) is 27.2. The number of hydrogen-bond donors (Lipinski definition) is 10. The third-order valence-electron chi connectivity index (χ3n) is 27.2. The van der Waals surface area contributed by atoms with Gasteiger partial charge in [-0.3, -0.25) is 33.6 Å². The maximum atomic E-state index is 16.7. The van der Waals surface area contributed by atoms with Gasteiger partial charge in [0.2, 0.25) is 11.8 Å². The van der Waals surface area contributed by atoms with E-state index in [0.717, 1.165) is 64.4 Å². The Hall–Kier alpha value is -10.7. The number of fused-ring (bicyclic) bond motifs is 6. The Bertz CT molecular complexity index is 4750. The molecule has 12 rings (SSSR count). The number of aliphatic hydroxyl groups excluding tert-OH is 3. The van der Waals surface area contributed by atoms with Crippen LogP contribution in [0.4, 0.5) is 15.3 Å². The molecule has 4 aromatic carbocycles. The van der Waals surface area contributed by atoms with Gasteiger partial charge >= 0.3 is 42.0 Å². The van der Waals surface area contributed by atoms with Crippen molar-refractivity contribution in [2.75, 3.05) is 18.5 Å². The van der Waals surface area contributed by atoms with Crippen molar-refractivity contribution in [1.82, 2.24) is 21.3 Å². The SMILES string of the molecule is C=C1/C(=C\C=C2/CCC[C@@]3(C)C2CCC3[C@@H](C)/C=C/C(O)C2CC2)C[C@@H](O)C[C@@H]1OC(=O)NC(C)(C)C(=O)NC(CCCNC(N)=O)C(=O)Nc1ccc(COC(=O)CC2CC3OCC3(OC(C)=O)C3C(OC(=O)c4ccccc4)C4(O)CC(OC(=O)C(O)C(NC(=O)c5ccccc5)c5ccccc5)C(C)=C(C(OC(C)=O)C(=O)C23C)C4(C)C)cc1. The van der Waals surface area contributed by atoms with E-state index >= 15 is 9.59 Å². The van der Waals surface area contributed by atoms with E-state index in [-0.39, 0.29) is 78.3 Å². The van der Waals surface area contributed by atoms with Gasteiger partial charge in [-0.15, -0.1) is 0 Å². The highest BCUT2D eigenvalue weighted by molar-refractivity contribution is 6.00. The van der Waals surface area contributed by atoms with Crippen molar-refractivity contribution < 1.29 is 106 Å². The van der Waals surface area contributed by atoms with E-state index in [1.54, 1.807) is 91.0 Å². The summed E-state index contributed by atoms with van der Waals surface area (Å²) >= 11 is 0. The van der Waals surface area contributed by atoms with Gasteiger partial charge in [0, 0.05) is 61.7 Å². The molecule has 4 aromatic rings. The summed E-state index contributed by atoms with van der Waals surface area (Å²) in [6.07, 6.45) is 2.84. The number of alkyl carbamates (subject to hydrolysis) is 1. The fourth-order valence-electron chi connectivity index (χ4n) is 20.3. The number of hydrogen-bond acceptors (Lipinski definition) is 22. The number of amides is 6. The number of ketones is 1. The van der Waals surface area contributed by atoms with Crippen LogP contribution in [-0.2, 0) is 73.3 Å². The summed E-state index contributed by atoms with van der Waals surface area (Å²) < 4.78 is 43.6. The molecule has 28 nitrogen and oxygen atoms in total. The van der Waals surface area contributed by atoms with Crippen LogP contribution in [0, 0.1) is 51.8 Å². The number of carbonyl (C=O) groups is 11. The Balaban J connectivity index is 0.744. The van der Waals surface area contributed by atoms with Crippen molar-refractivity contribution in [3.05, 3.63) is 196 Å². The standard InChI is InChI=1S/C94H116N6O22/c1-52(31-42-70(104)59-35-36-59)67-40-41-68-58(29-21-43-91(67,68)10)34-37-63-45-66(103)48-71(53(63)2)120-88(114)100-90(8,9)86(112)98-69(30-22-44-96-87(95)113)83(109)97-65-38-32-57(33-39-65)50-116-74(105)47-64-46-73-93(51-117-73,122-56(5)102)79-81(121-84(110)62-27-19-14-20-28-62)94(115)49-72(54(3)75(89(94,6)7)78(118-55(4)101)80(107)92(64,79)11)119-85(111)77(106)76(60-23-15-12-16-24-60)99-82(108)61-25-17-13-18-26-61/h12-20,23-28,31-34,37-39,42,52,59,64,66-73,76-79,81,103-104,106,115H,2,21-22,29-30,35-36,40-41,43-51H2,1,3-11H3,(H,97,109)(H,98,112)(H,99,108)(H,100,114)(H3,95,96,113)/b42-31+,58-34+,63-37-/t52-,64?,66+,67?,68?,69?,70?,71-,72?,73?,76?,77?,78?,79?,81?,91+,92?,93?,94?/m0/s1. The lowest BCUT2D eigenvalue weighted by atomic mass is 9.42. The number of urea groups is 1. The molecule has 15 unspecified atom stereocenters. The van der Waals surface area contributed by atoms with Crippen molar-refractivity contribution >= 4 is 71.2 Å². The zero-order valence-corrected chi connectivity index (χ0v) is 71.0. The molecule has 28 heteroatoms. The summed E-state index contributed by atoms with van der Waals surface area (Å²) in [5, 5.41) is 61.6. The number of nitrogens with one attached hydrogen (secondary N) is 5. The predicted octanol–water partition coefficient (Wildman–Crippen LogP) is 10.6. The molecule has 6 amide bonds. The van der Waals surface area contributed by atoms with Gasteiger partial charge in [-0.05, 0) is 196 Å². The minimum Gasteiger partial charge on any atom is -0.461 e. The van der Waals surface area contributed by atoms with Crippen LogP contribution in [0.2, 0.25) is 0 Å². The molecule has 8 aliphatic rings. The van der Waals surface area contributed by atoms with Crippen LogP contribution in [0.25, 0.3) is 0 Å². The topological polar surface area (TPSA) is 419 Å². The second-order valence-corrected chi connectivity index (χ2v) is 35.9. The molecule has 122 heavy (non-hydrogen) atoms. The Morgan fingerprint density at radius 3 is 2.07 bits per heavy atom. The van der Waals surface area contributed by atoms with Crippen molar-refractivity contribution in [1.29, 1.82) is 0 Å². The number of esters is 5. The molecule has 654 valence electrons. The van der Waals surface area contributed by atoms with Gasteiger partial charge in [0.05, 0.1) is 36.3 Å². The van der Waals surface area contributed by atoms with Gasteiger partial charge in [-0.1, -0.05) is 150 Å². The lowest BCUT2D eigenvalue weighted by molar-refractivity contribution is -0.341. The van der Waals surface area contributed by atoms with Crippen LogP contribution >= 0.6 is 0 Å². The highest BCUT2D eigenvalue weighted by Crippen LogP contribution is 2.67. The van der Waals surface area contributed by atoms with Gasteiger partial charge in [0.1, 0.15) is 48.2 Å². The third kappa shape index (κ3) is 19.2. The lowest BCUT2D eigenvalue weighted by Gasteiger charge is -2.68. The molecule has 1 aliphatic heterocycles. The zero-order chi connectivity index (χ0) is 88.1. The van der Waals surface area contributed by atoms with Crippen molar-refractivity contribution in [2.45, 2.75) is 243 Å². The summed E-state index contributed by atoms with van der Waals surface area (Å²) in [5.41, 5.74) is -0.935. The first-order valence-electron chi connectivity index (χ1n) is 42.3. The number of benzene rings is 4. The number of aliphatic hydroxyl groups is 4. The van der Waals surface area contributed by atoms with E-state index in [9.17, 15) is 63.6 Å². The molecule has 19 atom stereocenters. The molecule has 6 saturated carbocycles. The van der Waals surface area contributed by atoms with Gasteiger partial charge < -0.3 is 85.9 Å². The number of Topliss-reactive ketones (excluding diaryl/α,β-unsaturated/α-hetero) is 1. The molecule has 7 aliphatic carbocycles. The molecule has 2 bridgehead atoms. The Labute approximate surface area is 710 Å². The minimum atomic E-state index is -2.56. The lowest BCUT2D eigenvalue weighted by Crippen LogP contribution is -2.81. The molecular weight excluding hydrogens is 1570 g/mol. The average molecular weight is 1680 g/mol. The smallest absolute Gasteiger partial charge is 0.408 e. The summed E-state index contributed by atoms with van der Waals surface area (Å²) in [6.45, 7) is 19.3. The van der Waals surface area contributed by atoms with E-state index in [1.807, 2.05) is 12.2 Å². The number of allylic oxidation sites excluding steroid dienone is 4. The maximum absolute atomic E-state index is 16.7. The highest BCUT2D eigenvalue weighted by atomic mass is 16.6. The number of ether oxygens (including phenoxy) is 7. The van der Waals surface area contributed by atoms with Crippen molar-refractivity contribution in [3.8, 4) is 0 Å². The fourth-order valence-corrected chi connectivity index (χ4v) is 20.3. The van der Waals surface area contributed by atoms with Crippen LogP contribution in [0.3, 0.4) is 0 Å². The minimum absolute atomic E-state index is 0.00784. The normalized spacial score (nSPS) is 29.7. The average Bonchev–Trinajstić information content (AvgIpc) is 0.797. The van der Waals surface area contributed by atoms with Crippen LogP contribution in [-0.4, -0.2) is 171 Å². The Kier molecular flexibility index (Phi) is 27.6. The largest absolute Gasteiger partial charge is 0.461 e. The van der Waals surface area contributed by atoms with Gasteiger partial charge in [0.15, 0.2) is 23.6 Å². The summed E-state index contributed by atoms with van der Waals surface area (Å²) in [6, 6.07) is 26.6. The number of primary amides is 1. The van der Waals surface area contributed by atoms with E-state index in [0.29, 0.717) is 46.8 Å². The van der Waals surface area contributed by atoms with Gasteiger partial charge in [0.25, 0.3) is 5.91 Å². The van der Waals surface area contributed by atoms with Crippen LogP contribution in [0.15, 0.2) is 174 Å². The van der Waals surface area contributed by atoms with E-state index in [2.05, 4.69) is 59.2 Å². The summed E-state index contributed by atoms with van der Waals surface area (Å²) in [4.78, 5) is 157. The summed E-state index contributed by atoms with van der Waals surface area (Å²) in [5.74, 6) is -9.39. The second kappa shape index (κ2) is 37.2. The number of anilines is 1. The van der Waals surface area contributed by atoms with E-state index in [1.165, 1.54) is 71.4 Å². The molecule has 0 spiro atoms. The molecule has 1 heterocycles.